The van der Waals surface area contributed by atoms with Gasteiger partial charge in [-0.2, -0.15) is 0 Å². The summed E-state index contributed by atoms with van der Waals surface area (Å²) in [6, 6.07) is 14.6. The molecule has 0 spiro atoms. The zero-order chi connectivity index (χ0) is 31.1. The summed E-state index contributed by atoms with van der Waals surface area (Å²) < 4.78 is 45.4. The fraction of sp³-hybridized carbons (Fsp3) is 0.515. The van der Waals surface area contributed by atoms with Gasteiger partial charge < -0.3 is 25.4 Å². The van der Waals surface area contributed by atoms with Crippen LogP contribution in [0.5, 0.6) is 5.75 Å². The lowest BCUT2D eigenvalue weighted by Crippen LogP contribution is -2.50. The fourth-order valence-electron chi connectivity index (χ4n) is 4.89. The zero-order valence-electron chi connectivity index (χ0n) is 25.3. The molecule has 3 aromatic rings. The van der Waals surface area contributed by atoms with Crippen LogP contribution in [0, 0.1) is 5.92 Å². The van der Waals surface area contributed by atoms with E-state index in [1.165, 1.54) is 0 Å². The standard InChI is InChI=1S/C33H44F2N2O5/c1-6-22-11-7-8-12-25(22)26-19-23-13-14-24(20-28(23)42-29(26)38)40-17-9-15-33(34,35)16-10-18-41-30(39)27(32(4,5)37)21-31(2,3)36/h7-8,11-14,19-20,27H,6,9-10,15-18,21,36-37H2,1-5H3. The maximum absolute atomic E-state index is 14.4. The average molecular weight is 587 g/mol. The summed E-state index contributed by atoms with van der Waals surface area (Å²) in [6.45, 7) is 9.02. The monoisotopic (exact) mass is 586 g/mol. The van der Waals surface area contributed by atoms with Crippen molar-refractivity contribution in [2.45, 2.75) is 90.1 Å². The molecule has 0 aliphatic carbocycles. The largest absolute Gasteiger partial charge is 0.493 e. The lowest BCUT2D eigenvalue weighted by molar-refractivity contribution is -0.152. The van der Waals surface area contributed by atoms with E-state index < -0.39 is 40.9 Å². The van der Waals surface area contributed by atoms with Gasteiger partial charge in [-0.15, -0.1) is 0 Å². The normalized spacial score (nSPS) is 13.3. The molecule has 42 heavy (non-hydrogen) atoms. The predicted octanol–water partition coefficient (Wildman–Crippen LogP) is 6.62. The molecule has 1 heterocycles. The fourth-order valence-corrected chi connectivity index (χ4v) is 4.89. The van der Waals surface area contributed by atoms with Gasteiger partial charge in [-0.05, 0) is 82.7 Å². The second-order valence-corrected chi connectivity index (χ2v) is 12.3. The number of hydrogen-bond donors (Lipinski definition) is 2. The summed E-state index contributed by atoms with van der Waals surface area (Å²) >= 11 is 0. The first kappa shape index (κ1) is 33.2. The van der Waals surface area contributed by atoms with E-state index in [0.717, 1.165) is 22.9 Å². The highest BCUT2D eigenvalue weighted by atomic mass is 19.3. The number of hydrogen-bond acceptors (Lipinski definition) is 7. The van der Waals surface area contributed by atoms with Crippen LogP contribution >= 0.6 is 0 Å². The average Bonchev–Trinajstić information content (AvgIpc) is 2.90. The number of nitrogens with two attached hydrogens (primary N) is 2. The first-order chi connectivity index (χ1) is 19.6. The Balaban J connectivity index is 1.47. The number of alkyl halides is 2. The first-order valence-corrected chi connectivity index (χ1v) is 14.5. The van der Waals surface area contributed by atoms with Crippen molar-refractivity contribution in [2.75, 3.05) is 13.2 Å². The molecule has 0 amide bonds. The molecule has 0 saturated heterocycles. The van der Waals surface area contributed by atoms with Crippen molar-refractivity contribution in [3.8, 4) is 16.9 Å². The van der Waals surface area contributed by atoms with Crippen LogP contribution in [-0.2, 0) is 16.0 Å². The minimum absolute atomic E-state index is 0.0256. The van der Waals surface area contributed by atoms with Gasteiger partial charge in [0.15, 0.2) is 0 Å². The van der Waals surface area contributed by atoms with Crippen molar-refractivity contribution in [1.82, 2.24) is 0 Å². The third-order valence-corrected chi connectivity index (χ3v) is 7.20. The highest BCUT2D eigenvalue weighted by Crippen LogP contribution is 2.29. The molecule has 1 unspecified atom stereocenters. The Kier molecular flexibility index (Phi) is 10.9. The summed E-state index contributed by atoms with van der Waals surface area (Å²) in [4.78, 5) is 25.3. The number of halogens is 2. The molecule has 0 aliphatic heterocycles. The summed E-state index contributed by atoms with van der Waals surface area (Å²) in [5, 5.41) is 0.739. The number of aryl methyl sites for hydroxylation is 1. The highest BCUT2D eigenvalue weighted by molar-refractivity contribution is 5.83. The van der Waals surface area contributed by atoms with Crippen molar-refractivity contribution < 1.29 is 27.5 Å². The van der Waals surface area contributed by atoms with E-state index in [0.29, 0.717) is 23.3 Å². The summed E-state index contributed by atoms with van der Waals surface area (Å²) in [5.74, 6) is -3.66. The Morgan fingerprint density at radius 1 is 0.952 bits per heavy atom. The molecule has 230 valence electrons. The van der Waals surface area contributed by atoms with Gasteiger partial charge in [0, 0.05) is 35.4 Å². The van der Waals surface area contributed by atoms with Crippen molar-refractivity contribution in [2.24, 2.45) is 17.4 Å². The molecule has 4 N–H and O–H groups in total. The number of fused-ring (bicyclic) bond motifs is 1. The number of carbonyl (C=O) groups is 1. The quantitative estimate of drug-likeness (QED) is 0.117. The Labute approximate surface area is 246 Å². The van der Waals surface area contributed by atoms with Gasteiger partial charge in [0.2, 0.25) is 5.92 Å². The molecule has 2 aromatic carbocycles. The molecule has 0 fully saturated rings. The van der Waals surface area contributed by atoms with Crippen LogP contribution < -0.4 is 21.8 Å². The Bertz CT molecular complexity index is 1410. The van der Waals surface area contributed by atoms with E-state index >= 15 is 0 Å². The van der Waals surface area contributed by atoms with E-state index in [4.69, 9.17) is 25.4 Å². The minimum Gasteiger partial charge on any atom is -0.493 e. The van der Waals surface area contributed by atoms with Crippen molar-refractivity contribution in [3.63, 3.8) is 0 Å². The Morgan fingerprint density at radius 3 is 2.26 bits per heavy atom. The topological polar surface area (TPSA) is 118 Å². The van der Waals surface area contributed by atoms with Crippen LogP contribution in [0.4, 0.5) is 8.78 Å². The molecular weight excluding hydrogens is 542 g/mol. The van der Waals surface area contributed by atoms with E-state index in [9.17, 15) is 18.4 Å². The van der Waals surface area contributed by atoms with Gasteiger partial charge >= 0.3 is 11.6 Å². The van der Waals surface area contributed by atoms with Crippen LogP contribution in [0.1, 0.15) is 72.3 Å². The van der Waals surface area contributed by atoms with Gasteiger partial charge in [0.05, 0.1) is 24.7 Å². The molecule has 0 aliphatic rings. The van der Waals surface area contributed by atoms with Gasteiger partial charge in [-0.1, -0.05) is 31.2 Å². The number of ether oxygens (including phenoxy) is 2. The lowest BCUT2D eigenvalue weighted by Gasteiger charge is -2.33. The molecule has 1 atom stereocenters. The molecule has 7 nitrogen and oxygen atoms in total. The highest BCUT2D eigenvalue weighted by Gasteiger charge is 2.37. The van der Waals surface area contributed by atoms with Gasteiger partial charge in [0.1, 0.15) is 11.3 Å². The Morgan fingerprint density at radius 2 is 1.62 bits per heavy atom. The van der Waals surface area contributed by atoms with Crippen LogP contribution in [0.15, 0.2) is 57.7 Å². The smallest absolute Gasteiger partial charge is 0.344 e. The second-order valence-electron chi connectivity index (χ2n) is 12.3. The Hall–Kier alpha value is -3.30. The third kappa shape index (κ3) is 9.63. The van der Waals surface area contributed by atoms with Gasteiger partial charge in [-0.25, -0.2) is 13.6 Å². The SMILES string of the molecule is CCc1ccccc1-c1cc2ccc(OCCCC(F)(F)CCCOC(=O)C(CC(C)(C)N)C(C)(C)N)cc2oc1=O. The molecule has 1 aromatic heterocycles. The van der Waals surface area contributed by atoms with Crippen LogP contribution in [-0.4, -0.2) is 36.2 Å². The molecule has 0 radical (unpaired) electrons. The molecule has 0 bridgehead atoms. The van der Waals surface area contributed by atoms with Crippen LogP contribution in [0.3, 0.4) is 0 Å². The number of esters is 1. The number of benzene rings is 2. The zero-order valence-corrected chi connectivity index (χ0v) is 25.3. The lowest BCUT2D eigenvalue weighted by atomic mass is 9.80. The van der Waals surface area contributed by atoms with E-state index in [1.54, 1.807) is 52.0 Å². The molecular formula is C33H44F2N2O5. The second kappa shape index (κ2) is 13.8. The summed E-state index contributed by atoms with van der Waals surface area (Å²) in [7, 11) is 0. The van der Waals surface area contributed by atoms with Crippen LogP contribution in [0.2, 0.25) is 0 Å². The predicted molar refractivity (Wildman–Crippen MR) is 162 cm³/mol. The molecule has 0 saturated carbocycles. The summed E-state index contributed by atoms with van der Waals surface area (Å²) in [6.07, 6.45) is 0.472. The summed E-state index contributed by atoms with van der Waals surface area (Å²) in [5.41, 5.74) is 13.0. The maximum Gasteiger partial charge on any atom is 0.344 e. The van der Waals surface area contributed by atoms with Crippen LogP contribution in [0.25, 0.3) is 22.1 Å². The molecule has 3 rings (SSSR count). The van der Waals surface area contributed by atoms with E-state index in [-0.39, 0.29) is 32.5 Å². The van der Waals surface area contributed by atoms with Crippen molar-refractivity contribution in [3.05, 3.63) is 64.5 Å². The van der Waals surface area contributed by atoms with Gasteiger partial charge in [-0.3, -0.25) is 4.79 Å². The number of carbonyl (C=O) groups excluding carboxylic acids is 1. The first-order valence-electron chi connectivity index (χ1n) is 14.5. The number of rotatable bonds is 15. The maximum atomic E-state index is 14.4. The third-order valence-electron chi connectivity index (χ3n) is 7.20. The van der Waals surface area contributed by atoms with Crippen molar-refractivity contribution in [1.29, 1.82) is 0 Å². The van der Waals surface area contributed by atoms with E-state index in [1.807, 2.05) is 31.2 Å². The molecule has 9 heteroatoms. The van der Waals surface area contributed by atoms with Crippen molar-refractivity contribution >= 4 is 16.9 Å². The minimum atomic E-state index is -2.93. The van der Waals surface area contributed by atoms with Gasteiger partial charge in [0.25, 0.3) is 0 Å². The van der Waals surface area contributed by atoms with E-state index in [2.05, 4.69) is 0 Å².